The summed E-state index contributed by atoms with van der Waals surface area (Å²) in [5.41, 5.74) is 1.34. The van der Waals surface area contributed by atoms with Gasteiger partial charge in [-0.05, 0) is 6.92 Å². The van der Waals surface area contributed by atoms with Crippen molar-refractivity contribution in [2.75, 3.05) is 26.2 Å². The first kappa shape index (κ1) is 9.33. The Balaban J connectivity index is 1.72. The second-order valence-electron chi connectivity index (χ2n) is 4.23. The van der Waals surface area contributed by atoms with E-state index in [0.29, 0.717) is 0 Å². The monoisotopic (exact) mass is 207 g/mol. The number of nitrogens with one attached hydrogen (secondary N) is 1. The average Bonchev–Trinajstić information content (AvgIpc) is 2.83. The Labute approximate surface area is 89.7 Å². The molecule has 15 heavy (non-hydrogen) atoms. The molecule has 82 valence electrons. The fraction of sp³-hybridized carbons (Fsp3) is 0.700. The molecule has 2 aliphatic rings. The fourth-order valence-electron chi connectivity index (χ4n) is 2.36. The number of imidazole rings is 1. The molecule has 0 bridgehead atoms. The molecule has 1 aromatic heterocycles. The summed E-state index contributed by atoms with van der Waals surface area (Å²) in [5, 5.41) is 8.25. The fourth-order valence-corrected chi connectivity index (χ4v) is 2.36. The molecule has 1 fully saturated rings. The summed E-state index contributed by atoms with van der Waals surface area (Å²) in [6.07, 6.45) is 2.00. The molecular weight excluding hydrogens is 190 g/mol. The van der Waals surface area contributed by atoms with Gasteiger partial charge in [0.05, 0.1) is 18.9 Å². The number of aryl methyl sites for hydroxylation is 1. The van der Waals surface area contributed by atoms with E-state index in [0.717, 1.165) is 45.2 Å². The number of aromatic nitrogens is 2. The number of hydrazine groups is 1. The molecule has 0 aliphatic carbocycles. The van der Waals surface area contributed by atoms with Gasteiger partial charge in [0.2, 0.25) is 0 Å². The van der Waals surface area contributed by atoms with Gasteiger partial charge in [-0.1, -0.05) is 0 Å². The normalized spacial score (nSPS) is 23.3. The second-order valence-corrected chi connectivity index (χ2v) is 4.23. The molecule has 1 N–H and O–H groups in total. The Morgan fingerprint density at radius 1 is 1.27 bits per heavy atom. The number of rotatable bonds is 1. The predicted octanol–water partition coefficient (Wildman–Crippen LogP) is -0.215. The van der Waals surface area contributed by atoms with Gasteiger partial charge in [0.15, 0.2) is 0 Å². The molecule has 0 unspecified atom stereocenters. The Hall–Kier alpha value is -0.910. The highest BCUT2D eigenvalue weighted by atomic mass is 15.7. The first-order valence-corrected chi connectivity index (χ1v) is 5.56. The number of piperazine rings is 1. The Bertz CT molecular complexity index is 353. The lowest BCUT2D eigenvalue weighted by Crippen LogP contribution is -2.50. The minimum absolute atomic E-state index is 0.973. The molecule has 0 spiro atoms. The number of hydrogen-bond donors (Lipinski definition) is 1. The van der Waals surface area contributed by atoms with E-state index in [1.165, 1.54) is 5.69 Å². The highest BCUT2D eigenvalue weighted by Gasteiger charge is 2.26. The van der Waals surface area contributed by atoms with Crippen LogP contribution in [-0.2, 0) is 13.2 Å². The van der Waals surface area contributed by atoms with Crippen molar-refractivity contribution in [3.8, 4) is 0 Å². The van der Waals surface area contributed by atoms with Gasteiger partial charge in [0.25, 0.3) is 0 Å². The quantitative estimate of drug-likeness (QED) is 0.691. The van der Waals surface area contributed by atoms with E-state index in [-0.39, 0.29) is 0 Å². The first-order valence-electron chi connectivity index (χ1n) is 5.56. The average molecular weight is 207 g/mol. The zero-order valence-corrected chi connectivity index (χ0v) is 9.11. The van der Waals surface area contributed by atoms with E-state index in [4.69, 9.17) is 0 Å². The van der Waals surface area contributed by atoms with Crippen molar-refractivity contribution < 1.29 is 0 Å². The molecule has 1 saturated heterocycles. The molecule has 3 heterocycles. The van der Waals surface area contributed by atoms with E-state index in [9.17, 15) is 0 Å². The summed E-state index contributed by atoms with van der Waals surface area (Å²) in [4.78, 5) is 4.32. The van der Waals surface area contributed by atoms with Crippen molar-refractivity contribution in [1.29, 1.82) is 0 Å². The molecule has 2 aliphatic heterocycles. The van der Waals surface area contributed by atoms with Crippen LogP contribution in [0.25, 0.3) is 0 Å². The maximum Gasteiger partial charge on any atom is 0.106 e. The van der Waals surface area contributed by atoms with E-state index in [2.05, 4.69) is 31.8 Å². The second kappa shape index (κ2) is 3.59. The van der Waals surface area contributed by atoms with Crippen molar-refractivity contribution in [3.63, 3.8) is 0 Å². The maximum absolute atomic E-state index is 4.32. The van der Waals surface area contributed by atoms with Gasteiger partial charge in [-0.3, -0.25) is 0 Å². The molecular formula is C10H17N5. The predicted molar refractivity (Wildman–Crippen MR) is 56.9 cm³/mol. The van der Waals surface area contributed by atoms with Crippen LogP contribution in [0, 0.1) is 6.92 Å². The van der Waals surface area contributed by atoms with Crippen molar-refractivity contribution in [2.24, 2.45) is 0 Å². The van der Waals surface area contributed by atoms with Crippen molar-refractivity contribution in [1.82, 2.24) is 24.9 Å². The van der Waals surface area contributed by atoms with Crippen LogP contribution in [-0.4, -0.2) is 45.7 Å². The standard InChI is InChI=1S/C10H17N5/c1-9-12-6-10-7-14(8-15(9)10)13-4-2-11-3-5-13/h6,11H,2-5,7-8H2,1H3. The van der Waals surface area contributed by atoms with Crippen LogP contribution >= 0.6 is 0 Å². The van der Waals surface area contributed by atoms with Crippen LogP contribution in [0.4, 0.5) is 0 Å². The molecule has 5 heteroatoms. The molecule has 1 aromatic rings. The van der Waals surface area contributed by atoms with Crippen molar-refractivity contribution in [2.45, 2.75) is 20.1 Å². The van der Waals surface area contributed by atoms with Gasteiger partial charge in [-0.25, -0.2) is 15.0 Å². The molecule has 0 amide bonds. The van der Waals surface area contributed by atoms with Crippen molar-refractivity contribution >= 4 is 0 Å². The highest BCUT2D eigenvalue weighted by molar-refractivity contribution is 5.07. The van der Waals surface area contributed by atoms with Gasteiger partial charge < -0.3 is 9.88 Å². The summed E-state index contributed by atoms with van der Waals surface area (Å²) in [6, 6.07) is 0. The van der Waals surface area contributed by atoms with Crippen molar-refractivity contribution in [3.05, 3.63) is 17.7 Å². The third kappa shape index (κ3) is 1.56. The minimum atomic E-state index is 0.973. The lowest BCUT2D eigenvalue weighted by atomic mass is 10.4. The first-order chi connectivity index (χ1) is 7.34. The van der Waals surface area contributed by atoms with Crippen LogP contribution in [0.5, 0.6) is 0 Å². The molecule has 0 radical (unpaired) electrons. The number of nitrogens with zero attached hydrogens (tertiary/aromatic N) is 4. The zero-order chi connectivity index (χ0) is 10.3. The minimum Gasteiger partial charge on any atom is -0.316 e. The van der Waals surface area contributed by atoms with Gasteiger partial charge >= 0.3 is 0 Å². The lowest BCUT2D eigenvalue weighted by molar-refractivity contribution is -0.0488. The Kier molecular flexibility index (Phi) is 2.23. The maximum atomic E-state index is 4.32. The van der Waals surface area contributed by atoms with E-state index in [1.807, 2.05) is 6.20 Å². The van der Waals surface area contributed by atoms with Crippen LogP contribution in [0.2, 0.25) is 0 Å². The van der Waals surface area contributed by atoms with E-state index in [1.54, 1.807) is 0 Å². The SMILES string of the molecule is Cc1ncc2n1CN(N1CCNCC1)C2. The summed E-state index contributed by atoms with van der Waals surface area (Å²) in [6.45, 7) is 8.51. The lowest BCUT2D eigenvalue weighted by Gasteiger charge is -2.34. The molecule has 0 atom stereocenters. The highest BCUT2D eigenvalue weighted by Crippen LogP contribution is 2.19. The van der Waals surface area contributed by atoms with Gasteiger partial charge in [-0.2, -0.15) is 0 Å². The zero-order valence-electron chi connectivity index (χ0n) is 9.11. The number of hydrogen-bond acceptors (Lipinski definition) is 4. The molecule has 0 saturated carbocycles. The largest absolute Gasteiger partial charge is 0.316 e. The van der Waals surface area contributed by atoms with E-state index >= 15 is 0 Å². The molecule has 5 nitrogen and oxygen atoms in total. The van der Waals surface area contributed by atoms with Crippen LogP contribution in [0.15, 0.2) is 6.20 Å². The van der Waals surface area contributed by atoms with Crippen LogP contribution in [0.3, 0.4) is 0 Å². The van der Waals surface area contributed by atoms with Gasteiger partial charge in [0, 0.05) is 32.4 Å². The summed E-state index contributed by atoms with van der Waals surface area (Å²) in [7, 11) is 0. The third-order valence-corrected chi connectivity index (χ3v) is 3.28. The topological polar surface area (TPSA) is 36.3 Å². The summed E-state index contributed by atoms with van der Waals surface area (Å²) >= 11 is 0. The van der Waals surface area contributed by atoms with Crippen LogP contribution < -0.4 is 5.32 Å². The Morgan fingerprint density at radius 2 is 2.07 bits per heavy atom. The van der Waals surface area contributed by atoms with Crippen LogP contribution in [0.1, 0.15) is 11.5 Å². The Morgan fingerprint density at radius 3 is 2.80 bits per heavy atom. The summed E-state index contributed by atoms with van der Waals surface area (Å²) < 4.78 is 2.29. The molecule has 0 aromatic carbocycles. The third-order valence-electron chi connectivity index (χ3n) is 3.28. The van der Waals surface area contributed by atoms with Gasteiger partial charge in [0.1, 0.15) is 5.82 Å². The van der Waals surface area contributed by atoms with E-state index < -0.39 is 0 Å². The smallest absolute Gasteiger partial charge is 0.106 e. The summed E-state index contributed by atoms with van der Waals surface area (Å²) in [5.74, 6) is 1.13. The van der Waals surface area contributed by atoms with Gasteiger partial charge in [-0.15, -0.1) is 0 Å². The number of fused-ring (bicyclic) bond motifs is 1. The molecule has 3 rings (SSSR count).